The van der Waals surface area contributed by atoms with Gasteiger partial charge in [-0.25, -0.2) is 4.98 Å². The number of amides is 1. The van der Waals surface area contributed by atoms with Crippen LogP contribution in [0.25, 0.3) is 0 Å². The van der Waals surface area contributed by atoms with Crippen LogP contribution in [0.5, 0.6) is 5.88 Å². The Morgan fingerprint density at radius 1 is 1.07 bits per heavy atom. The minimum atomic E-state index is 0.449. The fourth-order valence-electron chi connectivity index (χ4n) is 6.96. The van der Waals surface area contributed by atoms with Gasteiger partial charge in [-0.3, -0.25) is 9.69 Å². The van der Waals surface area contributed by atoms with E-state index in [0.29, 0.717) is 35.7 Å². The molecule has 4 atom stereocenters. The van der Waals surface area contributed by atoms with Crippen molar-refractivity contribution in [2.75, 3.05) is 20.2 Å². The molecule has 0 radical (unpaired) electrons. The molecule has 1 aromatic rings. The zero-order valence-electron chi connectivity index (χ0n) is 18.5. The molecule has 164 valence electrons. The summed E-state index contributed by atoms with van der Waals surface area (Å²) in [5.74, 6) is 3.22. The van der Waals surface area contributed by atoms with Crippen LogP contribution >= 0.6 is 0 Å². The van der Waals surface area contributed by atoms with E-state index < -0.39 is 0 Å². The normalized spacial score (nSPS) is 32.7. The topological polar surface area (TPSA) is 45.7 Å². The lowest BCUT2D eigenvalue weighted by molar-refractivity contribution is -0.154. The Morgan fingerprint density at radius 2 is 1.90 bits per heavy atom. The Labute approximate surface area is 181 Å². The highest BCUT2D eigenvalue weighted by Crippen LogP contribution is 2.44. The number of carbonyl (C=O) groups excluding carboxylic acids is 1. The molecule has 2 bridgehead atoms. The van der Waals surface area contributed by atoms with Crippen LogP contribution in [0.1, 0.15) is 69.9 Å². The summed E-state index contributed by atoms with van der Waals surface area (Å²) in [6.45, 7) is 3.09. The number of pyridine rings is 1. The monoisotopic (exact) mass is 411 g/mol. The fourth-order valence-corrected chi connectivity index (χ4v) is 6.96. The van der Waals surface area contributed by atoms with Crippen LogP contribution in [-0.4, -0.2) is 53.0 Å². The van der Waals surface area contributed by atoms with Gasteiger partial charge in [-0.1, -0.05) is 38.2 Å². The Balaban J connectivity index is 1.35. The minimum absolute atomic E-state index is 0.449. The number of carbonyl (C=O) groups is 1. The van der Waals surface area contributed by atoms with Gasteiger partial charge in [0.25, 0.3) is 0 Å². The maximum absolute atomic E-state index is 13.0. The summed E-state index contributed by atoms with van der Waals surface area (Å²) in [5, 5.41) is 0. The van der Waals surface area contributed by atoms with Crippen LogP contribution < -0.4 is 4.74 Å². The quantitative estimate of drug-likeness (QED) is 0.726. The molecule has 4 fully saturated rings. The zero-order chi connectivity index (χ0) is 20.5. The third-order valence-electron chi connectivity index (χ3n) is 8.25. The molecular weight excluding hydrogens is 374 g/mol. The number of nitrogens with zero attached hydrogens (tertiary/aromatic N) is 3. The first-order valence-electron chi connectivity index (χ1n) is 12.2. The molecule has 3 aliphatic heterocycles. The predicted molar refractivity (Wildman–Crippen MR) is 117 cm³/mol. The molecule has 4 aliphatic rings. The molecular formula is C25H37N3O2. The molecule has 1 amide bonds. The standard InChI is InChI=1S/C25H37N3O2/c1-30-24-11-5-9-21(26-24)17-27-15-19-14-20(16-27)23(13-18-7-3-2-4-8-18)28-22(19)10-6-12-25(28)29/h5,9,11,18-20,22-23H,2-4,6-8,10,12-17H2,1H3/t19-,20+,22+,23+/m1/s1. The molecule has 0 unspecified atom stereocenters. The zero-order valence-corrected chi connectivity index (χ0v) is 18.5. The summed E-state index contributed by atoms with van der Waals surface area (Å²) in [4.78, 5) is 22.7. The summed E-state index contributed by atoms with van der Waals surface area (Å²) >= 11 is 0. The largest absolute Gasteiger partial charge is 0.481 e. The molecule has 3 saturated heterocycles. The van der Waals surface area contributed by atoms with Gasteiger partial charge >= 0.3 is 0 Å². The van der Waals surface area contributed by atoms with E-state index in [1.807, 2.05) is 12.1 Å². The summed E-state index contributed by atoms with van der Waals surface area (Å²) in [5.41, 5.74) is 1.09. The van der Waals surface area contributed by atoms with Gasteiger partial charge in [0, 0.05) is 44.2 Å². The summed E-state index contributed by atoms with van der Waals surface area (Å²) in [7, 11) is 1.68. The van der Waals surface area contributed by atoms with Gasteiger partial charge in [0.2, 0.25) is 11.8 Å². The second-order valence-electron chi connectivity index (χ2n) is 10.2. The number of methoxy groups -OCH3 is 1. The first-order valence-corrected chi connectivity index (χ1v) is 12.2. The SMILES string of the molecule is COc1cccc(CN2C[C@H]3C[C@@H](C2)[C@H](CC2CCCCC2)N2C(=O)CCC[C@@H]32)n1. The Morgan fingerprint density at radius 3 is 2.73 bits per heavy atom. The summed E-state index contributed by atoms with van der Waals surface area (Å²) < 4.78 is 5.33. The van der Waals surface area contributed by atoms with E-state index >= 15 is 0 Å². The highest BCUT2D eigenvalue weighted by molar-refractivity contribution is 5.78. The van der Waals surface area contributed by atoms with Crippen molar-refractivity contribution in [3.63, 3.8) is 0 Å². The molecule has 0 aromatic carbocycles. The molecule has 1 saturated carbocycles. The van der Waals surface area contributed by atoms with Gasteiger partial charge in [0.05, 0.1) is 12.8 Å². The van der Waals surface area contributed by atoms with Gasteiger partial charge < -0.3 is 9.64 Å². The van der Waals surface area contributed by atoms with Crippen LogP contribution in [0, 0.1) is 17.8 Å². The summed E-state index contributed by atoms with van der Waals surface area (Å²) in [6, 6.07) is 7.00. The second-order valence-corrected chi connectivity index (χ2v) is 10.2. The second kappa shape index (κ2) is 8.86. The van der Waals surface area contributed by atoms with Crippen LogP contribution in [0.15, 0.2) is 18.2 Å². The van der Waals surface area contributed by atoms with E-state index in [0.717, 1.165) is 44.1 Å². The third-order valence-corrected chi connectivity index (χ3v) is 8.25. The first-order chi connectivity index (χ1) is 14.7. The molecule has 1 aromatic heterocycles. The lowest BCUT2D eigenvalue weighted by Crippen LogP contribution is -2.65. The smallest absolute Gasteiger partial charge is 0.223 e. The van der Waals surface area contributed by atoms with Crippen molar-refractivity contribution >= 4 is 5.91 Å². The fraction of sp³-hybridized carbons (Fsp3) is 0.760. The lowest BCUT2D eigenvalue weighted by atomic mass is 9.69. The number of hydrogen-bond acceptors (Lipinski definition) is 4. The van der Waals surface area contributed by atoms with Crippen LogP contribution in [0.2, 0.25) is 0 Å². The minimum Gasteiger partial charge on any atom is -0.481 e. The average Bonchev–Trinajstić information content (AvgIpc) is 2.77. The van der Waals surface area contributed by atoms with Crippen LogP contribution in [0.4, 0.5) is 0 Å². The van der Waals surface area contributed by atoms with Gasteiger partial charge in [0.1, 0.15) is 0 Å². The van der Waals surface area contributed by atoms with Crippen molar-refractivity contribution in [1.29, 1.82) is 0 Å². The molecule has 4 heterocycles. The highest BCUT2D eigenvalue weighted by Gasteiger charge is 2.49. The van der Waals surface area contributed by atoms with Crippen LogP contribution in [-0.2, 0) is 11.3 Å². The van der Waals surface area contributed by atoms with Crippen molar-refractivity contribution in [2.24, 2.45) is 17.8 Å². The molecule has 5 heteroatoms. The Hall–Kier alpha value is -1.62. The van der Waals surface area contributed by atoms with Crippen molar-refractivity contribution in [1.82, 2.24) is 14.8 Å². The lowest BCUT2D eigenvalue weighted by Gasteiger charge is -2.57. The van der Waals surface area contributed by atoms with Gasteiger partial charge in [-0.15, -0.1) is 0 Å². The maximum Gasteiger partial charge on any atom is 0.223 e. The molecule has 30 heavy (non-hydrogen) atoms. The molecule has 5 rings (SSSR count). The predicted octanol–water partition coefficient (Wildman–Crippen LogP) is 4.26. The number of piperidine rings is 3. The summed E-state index contributed by atoms with van der Waals surface area (Å²) in [6.07, 6.45) is 12.5. The van der Waals surface area contributed by atoms with Crippen molar-refractivity contribution in [2.45, 2.75) is 82.8 Å². The van der Waals surface area contributed by atoms with Gasteiger partial charge in [-0.05, 0) is 49.5 Å². The van der Waals surface area contributed by atoms with Crippen molar-refractivity contribution in [3.05, 3.63) is 23.9 Å². The molecule has 1 aliphatic carbocycles. The Kier molecular flexibility index (Phi) is 5.99. The molecule has 5 nitrogen and oxygen atoms in total. The van der Waals surface area contributed by atoms with E-state index in [-0.39, 0.29) is 0 Å². The van der Waals surface area contributed by atoms with E-state index in [1.54, 1.807) is 7.11 Å². The Bertz CT molecular complexity index is 748. The first kappa shape index (κ1) is 20.3. The molecule has 0 N–H and O–H groups in total. The number of aromatic nitrogens is 1. The third kappa shape index (κ3) is 4.10. The van der Waals surface area contributed by atoms with Gasteiger partial charge in [0.15, 0.2) is 0 Å². The number of hydrogen-bond donors (Lipinski definition) is 0. The average molecular weight is 412 g/mol. The number of rotatable bonds is 5. The van der Waals surface area contributed by atoms with E-state index in [4.69, 9.17) is 4.74 Å². The van der Waals surface area contributed by atoms with Crippen LogP contribution in [0.3, 0.4) is 0 Å². The van der Waals surface area contributed by atoms with E-state index in [9.17, 15) is 4.79 Å². The van der Waals surface area contributed by atoms with E-state index in [1.165, 1.54) is 51.4 Å². The van der Waals surface area contributed by atoms with E-state index in [2.05, 4.69) is 20.9 Å². The van der Waals surface area contributed by atoms with Crippen molar-refractivity contribution in [3.8, 4) is 5.88 Å². The van der Waals surface area contributed by atoms with Gasteiger partial charge in [-0.2, -0.15) is 0 Å². The molecule has 0 spiro atoms. The maximum atomic E-state index is 13.0. The highest BCUT2D eigenvalue weighted by atomic mass is 16.5. The number of likely N-dealkylation sites (tertiary alicyclic amines) is 1. The number of fused-ring (bicyclic) bond motifs is 4. The van der Waals surface area contributed by atoms with Crippen molar-refractivity contribution < 1.29 is 9.53 Å². The number of ether oxygens (including phenoxy) is 1.